The van der Waals surface area contributed by atoms with Gasteiger partial charge >= 0.3 is 10.1 Å². The van der Waals surface area contributed by atoms with Gasteiger partial charge in [-0.15, -0.1) is 0 Å². The number of benzene rings is 2. The van der Waals surface area contributed by atoms with Crippen LogP contribution in [0.3, 0.4) is 0 Å². The largest absolute Gasteiger partial charge is 0.379 e. The van der Waals surface area contributed by atoms with Gasteiger partial charge in [0.15, 0.2) is 0 Å². The maximum atomic E-state index is 13.1. The quantitative estimate of drug-likeness (QED) is 0.748. The molecule has 0 aromatic heterocycles. The Morgan fingerprint density at radius 1 is 1.12 bits per heavy atom. The highest BCUT2D eigenvalue weighted by atomic mass is 32.2. The maximum absolute atomic E-state index is 13.1. The lowest BCUT2D eigenvalue weighted by atomic mass is 10.0. The molecule has 26 heavy (non-hydrogen) atoms. The Labute approximate surface area is 153 Å². The summed E-state index contributed by atoms with van der Waals surface area (Å²) in [4.78, 5) is 2.13. The van der Waals surface area contributed by atoms with Gasteiger partial charge in [0.25, 0.3) is 0 Å². The van der Waals surface area contributed by atoms with E-state index in [0.717, 1.165) is 41.9 Å². The third-order valence-electron chi connectivity index (χ3n) is 4.36. The Hall–Kier alpha value is -1.96. The lowest BCUT2D eigenvalue weighted by molar-refractivity contribution is 0.0339. The normalized spacial score (nSPS) is 15.8. The number of hydrogen-bond donors (Lipinski definition) is 0. The minimum absolute atomic E-state index is 0.0737. The number of morpholine rings is 1. The molecule has 1 fully saturated rings. The fraction of sp³-hybridized carbons (Fsp3) is 0.368. The molecule has 7 heteroatoms. The number of aryl methyl sites for hydroxylation is 2. The van der Waals surface area contributed by atoms with Crippen molar-refractivity contribution in [3.8, 4) is 5.75 Å². The fourth-order valence-electron chi connectivity index (χ4n) is 2.99. The van der Waals surface area contributed by atoms with E-state index in [1.165, 1.54) is 12.1 Å². The van der Waals surface area contributed by atoms with Gasteiger partial charge in [-0.2, -0.15) is 8.42 Å². The topological polar surface area (TPSA) is 55.8 Å². The molecule has 2 aromatic carbocycles. The Morgan fingerprint density at radius 2 is 1.77 bits per heavy atom. The van der Waals surface area contributed by atoms with Crippen molar-refractivity contribution < 1.29 is 21.7 Å². The smallest absolute Gasteiger partial charge is 0.339 e. The first-order valence-corrected chi connectivity index (χ1v) is 9.86. The molecule has 140 valence electrons. The van der Waals surface area contributed by atoms with Crippen LogP contribution in [-0.4, -0.2) is 39.6 Å². The monoisotopic (exact) mass is 379 g/mol. The van der Waals surface area contributed by atoms with Crippen molar-refractivity contribution in [2.24, 2.45) is 0 Å². The summed E-state index contributed by atoms with van der Waals surface area (Å²) in [6.07, 6.45) is 0. The lowest BCUT2D eigenvalue weighted by Crippen LogP contribution is -2.36. The summed E-state index contributed by atoms with van der Waals surface area (Å²) in [5, 5.41) is 0. The van der Waals surface area contributed by atoms with Gasteiger partial charge in [0, 0.05) is 25.2 Å². The van der Waals surface area contributed by atoms with Gasteiger partial charge in [-0.1, -0.05) is 6.07 Å². The molecule has 0 radical (unpaired) electrons. The van der Waals surface area contributed by atoms with Crippen LogP contribution in [0.15, 0.2) is 41.3 Å². The van der Waals surface area contributed by atoms with E-state index in [4.69, 9.17) is 8.92 Å². The van der Waals surface area contributed by atoms with Gasteiger partial charge in [-0.25, -0.2) is 4.39 Å². The van der Waals surface area contributed by atoms with Crippen LogP contribution >= 0.6 is 0 Å². The van der Waals surface area contributed by atoms with Gasteiger partial charge in [0.2, 0.25) is 0 Å². The molecule has 2 aromatic rings. The summed E-state index contributed by atoms with van der Waals surface area (Å²) in [6.45, 7) is 7.33. The average molecular weight is 379 g/mol. The number of rotatable bonds is 5. The summed E-state index contributed by atoms with van der Waals surface area (Å²) in [5.74, 6) is -0.179. The second kappa shape index (κ2) is 7.73. The van der Waals surface area contributed by atoms with Crippen molar-refractivity contribution >= 4 is 10.1 Å². The SMILES string of the molecule is Cc1cc(C)c(CN2CCOCC2)c(OS(=O)(=O)c2ccc(F)cc2)c1. The number of nitrogens with zero attached hydrogens (tertiary/aromatic N) is 1. The Bertz CT molecular complexity index is 875. The molecule has 0 saturated carbocycles. The third kappa shape index (κ3) is 4.41. The molecule has 0 aliphatic carbocycles. The first-order chi connectivity index (χ1) is 12.3. The Morgan fingerprint density at radius 3 is 2.42 bits per heavy atom. The lowest BCUT2D eigenvalue weighted by Gasteiger charge is -2.28. The van der Waals surface area contributed by atoms with Crippen molar-refractivity contribution in [3.63, 3.8) is 0 Å². The fourth-order valence-corrected chi connectivity index (χ4v) is 3.94. The highest BCUT2D eigenvalue weighted by Gasteiger charge is 2.22. The van der Waals surface area contributed by atoms with E-state index in [1.54, 1.807) is 6.07 Å². The molecule has 5 nitrogen and oxygen atoms in total. The van der Waals surface area contributed by atoms with Crippen LogP contribution < -0.4 is 4.18 Å². The third-order valence-corrected chi connectivity index (χ3v) is 5.61. The van der Waals surface area contributed by atoms with E-state index in [9.17, 15) is 12.8 Å². The van der Waals surface area contributed by atoms with E-state index in [0.29, 0.717) is 25.5 Å². The summed E-state index contributed by atoms with van der Waals surface area (Å²) in [6, 6.07) is 8.35. The zero-order valence-corrected chi connectivity index (χ0v) is 15.7. The van der Waals surface area contributed by atoms with Crippen LogP contribution in [0.5, 0.6) is 5.75 Å². The summed E-state index contributed by atoms with van der Waals surface area (Å²) >= 11 is 0. The summed E-state index contributed by atoms with van der Waals surface area (Å²) in [7, 11) is -4.04. The van der Waals surface area contributed by atoms with Crippen molar-refractivity contribution in [1.29, 1.82) is 0 Å². The zero-order valence-electron chi connectivity index (χ0n) is 14.9. The van der Waals surface area contributed by atoms with Crippen LogP contribution in [0.25, 0.3) is 0 Å². The summed E-state index contributed by atoms with van der Waals surface area (Å²) in [5.41, 5.74) is 2.72. The van der Waals surface area contributed by atoms with Crippen LogP contribution in [-0.2, 0) is 21.4 Å². The van der Waals surface area contributed by atoms with E-state index in [1.807, 2.05) is 19.9 Å². The van der Waals surface area contributed by atoms with E-state index < -0.39 is 15.9 Å². The molecule has 3 rings (SSSR count). The predicted molar refractivity (Wildman–Crippen MR) is 96.2 cm³/mol. The van der Waals surface area contributed by atoms with E-state index in [-0.39, 0.29) is 4.90 Å². The molecule has 0 unspecified atom stereocenters. The van der Waals surface area contributed by atoms with Gasteiger partial charge in [0.05, 0.1) is 13.2 Å². The molecule has 1 aliphatic heterocycles. The molecule has 0 spiro atoms. The summed E-state index contributed by atoms with van der Waals surface area (Å²) < 4.78 is 49.1. The molecular formula is C19H22FNO4S. The van der Waals surface area contributed by atoms with Gasteiger partial charge in [-0.3, -0.25) is 4.90 Å². The molecular weight excluding hydrogens is 357 g/mol. The Balaban J connectivity index is 1.91. The number of ether oxygens (including phenoxy) is 1. The minimum Gasteiger partial charge on any atom is -0.379 e. The maximum Gasteiger partial charge on any atom is 0.339 e. The molecule has 0 atom stereocenters. The first kappa shape index (κ1) is 18.8. The second-order valence-electron chi connectivity index (χ2n) is 6.44. The highest BCUT2D eigenvalue weighted by Crippen LogP contribution is 2.29. The minimum atomic E-state index is -4.04. The average Bonchev–Trinajstić information content (AvgIpc) is 2.59. The molecule has 0 bridgehead atoms. The second-order valence-corrected chi connectivity index (χ2v) is 7.98. The first-order valence-electron chi connectivity index (χ1n) is 8.45. The van der Waals surface area contributed by atoms with Gasteiger partial charge < -0.3 is 8.92 Å². The van der Waals surface area contributed by atoms with Crippen molar-refractivity contribution in [3.05, 3.63) is 58.9 Å². The van der Waals surface area contributed by atoms with Crippen LogP contribution in [0.4, 0.5) is 4.39 Å². The predicted octanol–water partition coefficient (Wildman–Crippen LogP) is 3.04. The van der Waals surface area contributed by atoms with Crippen LogP contribution in [0, 0.1) is 19.7 Å². The van der Waals surface area contributed by atoms with Gasteiger partial charge in [0.1, 0.15) is 16.5 Å². The Kier molecular flexibility index (Phi) is 5.60. The van der Waals surface area contributed by atoms with Crippen molar-refractivity contribution in [2.45, 2.75) is 25.3 Å². The van der Waals surface area contributed by atoms with E-state index >= 15 is 0 Å². The molecule has 1 aliphatic rings. The van der Waals surface area contributed by atoms with Crippen molar-refractivity contribution in [2.75, 3.05) is 26.3 Å². The van der Waals surface area contributed by atoms with Crippen LogP contribution in [0.1, 0.15) is 16.7 Å². The molecule has 0 amide bonds. The van der Waals surface area contributed by atoms with Crippen molar-refractivity contribution in [1.82, 2.24) is 4.90 Å². The highest BCUT2D eigenvalue weighted by molar-refractivity contribution is 7.87. The standard InChI is InChI=1S/C19H22FNO4S/c1-14-11-15(2)18(13-21-7-9-24-10-8-21)19(12-14)25-26(22,23)17-5-3-16(20)4-6-17/h3-6,11-12H,7-10,13H2,1-2H3. The number of halogens is 1. The molecule has 1 saturated heterocycles. The molecule has 0 N–H and O–H groups in total. The van der Waals surface area contributed by atoms with Crippen LogP contribution in [0.2, 0.25) is 0 Å². The molecule has 1 heterocycles. The zero-order chi connectivity index (χ0) is 18.7. The number of hydrogen-bond acceptors (Lipinski definition) is 5. The van der Waals surface area contributed by atoms with E-state index in [2.05, 4.69) is 4.90 Å². The van der Waals surface area contributed by atoms with Gasteiger partial charge in [-0.05, 0) is 55.3 Å².